The second kappa shape index (κ2) is 5.49. The third-order valence-electron chi connectivity index (χ3n) is 2.42. The minimum atomic E-state index is -0.0548. The van der Waals surface area contributed by atoms with Gasteiger partial charge >= 0.3 is 0 Å². The number of hydrogen-bond acceptors (Lipinski definition) is 2. The molecule has 1 aliphatic rings. The average molecular weight is 294 g/mol. The summed E-state index contributed by atoms with van der Waals surface area (Å²) in [7, 11) is 0. The lowest BCUT2D eigenvalue weighted by molar-refractivity contribution is 0.162. The van der Waals surface area contributed by atoms with Crippen LogP contribution in [-0.4, -0.2) is 18.8 Å². The van der Waals surface area contributed by atoms with Gasteiger partial charge in [0.05, 0.1) is 21.7 Å². The van der Waals surface area contributed by atoms with Gasteiger partial charge in [-0.05, 0) is 0 Å². The van der Waals surface area contributed by atoms with Crippen molar-refractivity contribution in [2.24, 2.45) is 0 Å². The van der Waals surface area contributed by atoms with Gasteiger partial charge in [-0.1, -0.05) is 40.9 Å². The molecule has 0 aromatic heterocycles. The molecule has 1 fully saturated rings. The van der Waals surface area contributed by atoms with Gasteiger partial charge in [-0.15, -0.1) is 6.58 Å². The van der Waals surface area contributed by atoms with Crippen LogP contribution in [0.4, 0.5) is 0 Å². The third-order valence-corrected chi connectivity index (χ3v) is 3.61. The zero-order chi connectivity index (χ0) is 12.4. The van der Waals surface area contributed by atoms with Gasteiger partial charge in [0.15, 0.2) is 0 Å². The van der Waals surface area contributed by atoms with Crippen molar-refractivity contribution in [3.05, 3.63) is 39.9 Å². The van der Waals surface area contributed by atoms with E-state index in [1.165, 1.54) is 0 Å². The molecule has 0 bridgehead atoms. The van der Waals surface area contributed by atoms with Crippen LogP contribution in [0.2, 0.25) is 15.1 Å². The molecule has 92 valence electrons. The quantitative estimate of drug-likeness (QED) is 0.457. The first-order valence-corrected chi connectivity index (χ1v) is 6.29. The Morgan fingerprint density at radius 3 is 2.47 bits per heavy atom. The monoisotopic (exact) mass is 292 g/mol. The summed E-state index contributed by atoms with van der Waals surface area (Å²) in [5.74, 6) is 0.590. The molecule has 2 nitrogen and oxygen atoms in total. The smallest absolute Gasteiger partial charge is 0.130 e. The van der Waals surface area contributed by atoms with Gasteiger partial charge < -0.3 is 9.47 Å². The van der Waals surface area contributed by atoms with E-state index < -0.39 is 0 Å². The summed E-state index contributed by atoms with van der Waals surface area (Å²) in [4.78, 5) is 0. The maximum atomic E-state index is 5.93. The van der Waals surface area contributed by atoms with Crippen molar-refractivity contribution >= 4 is 34.8 Å². The van der Waals surface area contributed by atoms with E-state index in [1.54, 1.807) is 18.2 Å². The minimum Gasteiger partial charge on any atom is -0.487 e. The van der Waals surface area contributed by atoms with Crippen molar-refractivity contribution in [3.8, 4) is 5.75 Å². The summed E-state index contributed by atoms with van der Waals surface area (Å²) in [5, 5.41) is 1.09. The SMILES string of the molecule is C=CCC(Oc1cc(Cl)c(Cl)c(Cl)c1)C1CO1. The Balaban J connectivity index is 2.13. The van der Waals surface area contributed by atoms with Crippen molar-refractivity contribution in [1.29, 1.82) is 0 Å². The maximum absolute atomic E-state index is 5.93. The van der Waals surface area contributed by atoms with E-state index in [-0.39, 0.29) is 12.2 Å². The van der Waals surface area contributed by atoms with E-state index >= 15 is 0 Å². The van der Waals surface area contributed by atoms with Crippen LogP contribution >= 0.6 is 34.8 Å². The van der Waals surface area contributed by atoms with Gasteiger partial charge in [0.1, 0.15) is 18.0 Å². The Bertz CT molecular complexity index is 407. The highest BCUT2D eigenvalue weighted by molar-refractivity contribution is 6.48. The van der Waals surface area contributed by atoms with Crippen LogP contribution < -0.4 is 4.74 Å². The zero-order valence-corrected chi connectivity index (χ0v) is 11.2. The molecule has 1 heterocycles. The Morgan fingerprint density at radius 1 is 1.41 bits per heavy atom. The number of ether oxygens (including phenoxy) is 2. The fourth-order valence-electron chi connectivity index (χ4n) is 1.49. The molecular formula is C12H11Cl3O2. The largest absolute Gasteiger partial charge is 0.487 e. The first kappa shape index (κ1) is 13.0. The molecule has 2 atom stereocenters. The number of hydrogen-bond donors (Lipinski definition) is 0. The molecule has 0 aliphatic carbocycles. The summed E-state index contributed by atoms with van der Waals surface area (Å²) in [6.45, 7) is 4.41. The van der Waals surface area contributed by atoms with Crippen molar-refractivity contribution in [1.82, 2.24) is 0 Å². The molecule has 1 aromatic carbocycles. The molecule has 17 heavy (non-hydrogen) atoms. The summed E-state index contributed by atoms with van der Waals surface area (Å²) < 4.78 is 11.0. The van der Waals surface area contributed by atoms with E-state index in [0.29, 0.717) is 33.8 Å². The van der Waals surface area contributed by atoms with E-state index in [9.17, 15) is 0 Å². The fourth-order valence-corrected chi connectivity index (χ4v) is 2.06. The number of rotatable bonds is 5. The number of epoxide rings is 1. The third kappa shape index (κ3) is 3.29. The lowest BCUT2D eigenvalue weighted by Gasteiger charge is -2.16. The molecule has 2 unspecified atom stereocenters. The normalized spacial score (nSPS) is 19.8. The predicted octanol–water partition coefficient (Wildman–Crippen LogP) is 4.37. The number of benzene rings is 1. The van der Waals surface area contributed by atoms with Crippen molar-refractivity contribution in [2.45, 2.75) is 18.6 Å². The van der Waals surface area contributed by atoms with Crippen molar-refractivity contribution in [2.75, 3.05) is 6.61 Å². The first-order valence-electron chi connectivity index (χ1n) is 5.15. The lowest BCUT2D eigenvalue weighted by Crippen LogP contribution is -2.22. The van der Waals surface area contributed by atoms with Crippen molar-refractivity contribution in [3.63, 3.8) is 0 Å². The van der Waals surface area contributed by atoms with Crippen LogP contribution in [0.5, 0.6) is 5.75 Å². The Morgan fingerprint density at radius 2 is 2.00 bits per heavy atom. The Kier molecular flexibility index (Phi) is 4.21. The minimum absolute atomic E-state index is 0.0548. The van der Waals surface area contributed by atoms with E-state index in [0.717, 1.165) is 0 Å². The lowest BCUT2D eigenvalue weighted by atomic mass is 10.2. The van der Waals surface area contributed by atoms with Crippen LogP contribution in [0.1, 0.15) is 6.42 Å². The van der Waals surface area contributed by atoms with Gasteiger partial charge in [0, 0.05) is 18.6 Å². The Labute approximate surface area is 115 Å². The van der Waals surface area contributed by atoms with Crippen LogP contribution in [0.15, 0.2) is 24.8 Å². The zero-order valence-electron chi connectivity index (χ0n) is 8.96. The molecule has 0 spiro atoms. The van der Waals surface area contributed by atoms with Crippen LogP contribution in [0.3, 0.4) is 0 Å². The number of halogens is 3. The van der Waals surface area contributed by atoms with E-state index in [2.05, 4.69) is 6.58 Å². The molecular weight excluding hydrogens is 282 g/mol. The Hall–Kier alpha value is -0.410. The van der Waals surface area contributed by atoms with E-state index in [1.807, 2.05) is 0 Å². The van der Waals surface area contributed by atoms with Crippen LogP contribution in [-0.2, 0) is 4.74 Å². The van der Waals surface area contributed by atoms with Gasteiger partial charge in [0.25, 0.3) is 0 Å². The second-order valence-corrected chi connectivity index (χ2v) is 4.95. The highest BCUT2D eigenvalue weighted by Gasteiger charge is 2.33. The average Bonchev–Trinajstić information content (AvgIpc) is 3.09. The topological polar surface area (TPSA) is 21.8 Å². The molecule has 1 saturated heterocycles. The molecule has 1 aliphatic heterocycles. The summed E-state index contributed by atoms with van der Waals surface area (Å²) in [5.41, 5.74) is 0. The molecule has 5 heteroatoms. The highest BCUT2D eigenvalue weighted by Crippen LogP contribution is 2.35. The standard InChI is InChI=1S/C12H11Cl3O2/c1-2-3-10(11-6-16-11)17-7-4-8(13)12(15)9(14)5-7/h2,4-5,10-11H,1,3,6H2. The molecule has 1 aromatic rings. The van der Waals surface area contributed by atoms with Crippen LogP contribution in [0.25, 0.3) is 0 Å². The summed E-state index contributed by atoms with van der Waals surface area (Å²) in [6.07, 6.45) is 2.58. The van der Waals surface area contributed by atoms with Gasteiger partial charge in [-0.2, -0.15) is 0 Å². The summed E-state index contributed by atoms with van der Waals surface area (Å²) >= 11 is 17.7. The van der Waals surface area contributed by atoms with E-state index in [4.69, 9.17) is 44.3 Å². The highest BCUT2D eigenvalue weighted by atomic mass is 35.5. The molecule has 0 radical (unpaired) electrons. The fraction of sp³-hybridized carbons (Fsp3) is 0.333. The maximum Gasteiger partial charge on any atom is 0.130 e. The molecule has 0 N–H and O–H groups in total. The molecule has 0 amide bonds. The van der Waals surface area contributed by atoms with Gasteiger partial charge in [-0.25, -0.2) is 0 Å². The van der Waals surface area contributed by atoms with Crippen molar-refractivity contribution < 1.29 is 9.47 Å². The molecule has 0 saturated carbocycles. The predicted molar refractivity (Wildman–Crippen MR) is 70.4 cm³/mol. The van der Waals surface area contributed by atoms with Crippen LogP contribution in [0, 0.1) is 0 Å². The van der Waals surface area contributed by atoms with Gasteiger partial charge in [-0.3, -0.25) is 0 Å². The first-order chi connectivity index (χ1) is 8.11. The molecule has 2 rings (SSSR count). The second-order valence-electron chi connectivity index (χ2n) is 3.75. The summed E-state index contributed by atoms with van der Waals surface area (Å²) in [6, 6.07) is 3.29. The van der Waals surface area contributed by atoms with Gasteiger partial charge in [0.2, 0.25) is 0 Å².